The summed E-state index contributed by atoms with van der Waals surface area (Å²) in [5.74, 6) is -0.126. The first kappa shape index (κ1) is 11.2. The van der Waals surface area contributed by atoms with Crippen molar-refractivity contribution in [3.05, 3.63) is 29.8 Å². The van der Waals surface area contributed by atoms with Crippen LogP contribution in [0.4, 0.5) is 0 Å². The molecular weight excluding hydrogens is 196 g/mol. The highest BCUT2D eigenvalue weighted by atomic mass is 16.6. The molecule has 0 N–H and O–H groups in total. The smallest absolute Gasteiger partial charge is 0.344 e. The summed E-state index contributed by atoms with van der Waals surface area (Å²) < 4.78 is 9.78. The van der Waals surface area contributed by atoms with Crippen LogP contribution in [-0.2, 0) is 14.3 Å². The maximum atomic E-state index is 11.0. The fraction of sp³-hybridized carbons (Fsp3) is 0.273. The van der Waals surface area contributed by atoms with Gasteiger partial charge in [0.15, 0.2) is 6.61 Å². The lowest BCUT2D eigenvalue weighted by molar-refractivity contribution is -0.145. The zero-order chi connectivity index (χ0) is 11.1. The highest BCUT2D eigenvalue weighted by molar-refractivity contribution is 5.80. The van der Waals surface area contributed by atoms with Gasteiger partial charge in [0.2, 0.25) is 6.29 Å². The van der Waals surface area contributed by atoms with Crippen LogP contribution in [0, 0.1) is 0 Å². The van der Waals surface area contributed by atoms with Crippen LogP contribution >= 0.6 is 0 Å². The molecule has 0 aromatic heterocycles. The van der Waals surface area contributed by atoms with Crippen LogP contribution in [0.3, 0.4) is 0 Å². The molecule has 0 aliphatic rings. The van der Waals surface area contributed by atoms with Gasteiger partial charge in [0, 0.05) is 0 Å². The highest BCUT2D eigenvalue weighted by Gasteiger charge is 2.06. The number of hydrogen-bond acceptors (Lipinski definition) is 4. The Balaban J connectivity index is 2.57. The van der Waals surface area contributed by atoms with Crippen LogP contribution in [-0.4, -0.2) is 25.5 Å². The Labute approximate surface area is 87.8 Å². The number of benzene rings is 1. The lowest BCUT2D eigenvalue weighted by atomic mass is 10.2. The number of carbonyl (C=O) groups is 1. The maximum absolute atomic E-state index is 11.0. The molecule has 0 saturated carbocycles. The fourth-order valence-corrected chi connectivity index (χ4v) is 1.02. The zero-order valence-corrected chi connectivity index (χ0v) is 8.36. The number of carbonyl (C=O) groups excluding carboxylic acids is 2. The Morgan fingerprint density at radius 3 is 2.80 bits per heavy atom. The molecule has 4 nitrogen and oxygen atoms in total. The van der Waals surface area contributed by atoms with E-state index in [4.69, 9.17) is 4.74 Å². The molecule has 0 amide bonds. The van der Waals surface area contributed by atoms with E-state index in [1.54, 1.807) is 37.5 Å². The predicted octanol–water partition coefficient (Wildman–Crippen LogP) is 1.09. The molecule has 0 atom stereocenters. The molecule has 0 aliphatic carbocycles. The summed E-state index contributed by atoms with van der Waals surface area (Å²) in [4.78, 5) is 21.4. The van der Waals surface area contributed by atoms with Gasteiger partial charge >= 0.3 is 5.97 Å². The summed E-state index contributed by atoms with van der Waals surface area (Å²) in [7, 11) is 0. The van der Waals surface area contributed by atoms with Gasteiger partial charge in [-0.05, 0) is 19.1 Å². The quantitative estimate of drug-likeness (QED) is 0.678. The van der Waals surface area contributed by atoms with E-state index in [2.05, 4.69) is 4.74 Å². The van der Waals surface area contributed by atoms with Crippen LogP contribution in [0.1, 0.15) is 12.5 Å². The van der Waals surface area contributed by atoms with Crippen molar-refractivity contribution >= 4 is 12.3 Å². The van der Waals surface area contributed by atoms with Crippen molar-refractivity contribution in [3.8, 4) is 5.75 Å². The summed E-state index contributed by atoms with van der Waals surface area (Å²) in [5, 5.41) is 0. The highest BCUT2D eigenvalue weighted by Crippen LogP contribution is 2.15. The van der Waals surface area contributed by atoms with Crippen LogP contribution in [0.2, 0.25) is 0 Å². The lowest BCUT2D eigenvalue weighted by Crippen LogP contribution is -2.15. The van der Waals surface area contributed by atoms with Gasteiger partial charge in [-0.1, -0.05) is 12.1 Å². The summed E-state index contributed by atoms with van der Waals surface area (Å²) in [6.45, 7) is 1.82. The fourth-order valence-electron chi connectivity index (χ4n) is 1.02. The summed E-state index contributed by atoms with van der Waals surface area (Å²) >= 11 is 0. The molecule has 4 heteroatoms. The molecule has 79 valence electrons. The second-order valence-electron chi connectivity index (χ2n) is 2.69. The standard InChI is InChI=1S/C11H11O4/c1-2-14-11(13)8-15-10-6-4-3-5-9(10)7-12/h3-6H,2,8H2,1H3. The predicted molar refractivity (Wildman–Crippen MR) is 53.4 cm³/mol. The molecular formula is C11H11O4. The van der Waals surface area contributed by atoms with E-state index in [1.165, 1.54) is 0 Å². The van der Waals surface area contributed by atoms with Crippen molar-refractivity contribution in [2.75, 3.05) is 13.2 Å². The molecule has 0 spiro atoms. The lowest BCUT2D eigenvalue weighted by Gasteiger charge is -2.06. The van der Waals surface area contributed by atoms with E-state index in [0.717, 1.165) is 0 Å². The minimum atomic E-state index is -0.460. The Hall–Kier alpha value is -1.84. The summed E-state index contributed by atoms with van der Waals surface area (Å²) in [6, 6.07) is 6.56. The first-order chi connectivity index (χ1) is 7.27. The second kappa shape index (κ2) is 5.80. The Bertz CT molecular complexity index is 346. The van der Waals surface area contributed by atoms with E-state index in [1.807, 2.05) is 0 Å². The first-order valence-electron chi connectivity index (χ1n) is 4.53. The molecule has 0 aliphatic heterocycles. The summed E-state index contributed by atoms with van der Waals surface area (Å²) in [6.07, 6.45) is 1.72. The zero-order valence-electron chi connectivity index (χ0n) is 8.36. The SMILES string of the molecule is CCOC(=O)COc1ccccc1[C]=O. The molecule has 0 saturated heterocycles. The third-order valence-electron chi connectivity index (χ3n) is 1.65. The molecule has 0 fully saturated rings. The van der Waals surface area contributed by atoms with E-state index < -0.39 is 5.97 Å². The van der Waals surface area contributed by atoms with E-state index in [-0.39, 0.29) is 6.61 Å². The van der Waals surface area contributed by atoms with Crippen molar-refractivity contribution in [1.82, 2.24) is 0 Å². The van der Waals surface area contributed by atoms with E-state index in [9.17, 15) is 9.59 Å². The second-order valence-corrected chi connectivity index (χ2v) is 2.69. The monoisotopic (exact) mass is 207 g/mol. The molecule has 0 heterocycles. The van der Waals surface area contributed by atoms with Gasteiger partial charge in [0.1, 0.15) is 5.75 Å². The van der Waals surface area contributed by atoms with E-state index in [0.29, 0.717) is 17.9 Å². The van der Waals surface area contributed by atoms with Crippen molar-refractivity contribution in [1.29, 1.82) is 0 Å². The van der Waals surface area contributed by atoms with Crippen LogP contribution in [0.15, 0.2) is 24.3 Å². The minimum absolute atomic E-state index is 0.202. The van der Waals surface area contributed by atoms with Gasteiger partial charge in [0.05, 0.1) is 12.2 Å². The molecule has 0 unspecified atom stereocenters. The Morgan fingerprint density at radius 1 is 1.40 bits per heavy atom. The maximum Gasteiger partial charge on any atom is 0.344 e. The third-order valence-corrected chi connectivity index (χ3v) is 1.65. The third kappa shape index (κ3) is 3.42. The number of ether oxygens (including phenoxy) is 2. The van der Waals surface area contributed by atoms with Crippen molar-refractivity contribution < 1.29 is 19.1 Å². The van der Waals surface area contributed by atoms with Gasteiger partial charge in [-0.2, -0.15) is 0 Å². The number of para-hydroxylation sites is 1. The first-order valence-corrected chi connectivity index (χ1v) is 4.53. The molecule has 1 aromatic rings. The average molecular weight is 207 g/mol. The number of rotatable bonds is 5. The Kier molecular flexibility index (Phi) is 4.34. The molecule has 1 rings (SSSR count). The molecule has 1 aromatic carbocycles. The molecule has 1 radical (unpaired) electrons. The van der Waals surface area contributed by atoms with Crippen LogP contribution in [0.5, 0.6) is 5.75 Å². The van der Waals surface area contributed by atoms with Gasteiger partial charge in [0.25, 0.3) is 0 Å². The van der Waals surface area contributed by atoms with Crippen LogP contribution < -0.4 is 4.74 Å². The van der Waals surface area contributed by atoms with Gasteiger partial charge in [-0.25, -0.2) is 4.79 Å². The average Bonchev–Trinajstić information content (AvgIpc) is 2.27. The molecule has 15 heavy (non-hydrogen) atoms. The topological polar surface area (TPSA) is 52.6 Å². The Morgan fingerprint density at radius 2 is 2.13 bits per heavy atom. The van der Waals surface area contributed by atoms with Gasteiger partial charge in [-0.15, -0.1) is 0 Å². The van der Waals surface area contributed by atoms with Crippen molar-refractivity contribution in [2.24, 2.45) is 0 Å². The molecule has 0 bridgehead atoms. The van der Waals surface area contributed by atoms with Gasteiger partial charge in [-0.3, -0.25) is 4.79 Å². The van der Waals surface area contributed by atoms with Crippen molar-refractivity contribution in [2.45, 2.75) is 6.92 Å². The van der Waals surface area contributed by atoms with Crippen molar-refractivity contribution in [3.63, 3.8) is 0 Å². The normalized spacial score (nSPS) is 9.40. The largest absolute Gasteiger partial charge is 0.481 e. The number of esters is 1. The summed E-state index contributed by atoms with van der Waals surface area (Å²) in [5.41, 5.74) is 0.293. The minimum Gasteiger partial charge on any atom is -0.481 e. The van der Waals surface area contributed by atoms with E-state index >= 15 is 0 Å². The van der Waals surface area contributed by atoms with Gasteiger partial charge < -0.3 is 9.47 Å². The van der Waals surface area contributed by atoms with Crippen LogP contribution in [0.25, 0.3) is 0 Å². The number of hydrogen-bond donors (Lipinski definition) is 0.